The molecule has 90 valence electrons. The minimum absolute atomic E-state index is 0.239. The smallest absolute Gasteiger partial charge is 0.102 e. The Balaban J connectivity index is 1.98. The van der Waals surface area contributed by atoms with Crippen LogP contribution in [0.5, 0.6) is 0 Å². The fraction of sp³-hybridized carbons (Fsp3) is 0.700. The van der Waals surface area contributed by atoms with Crippen LogP contribution in [0.1, 0.15) is 12.8 Å². The quantitative estimate of drug-likeness (QED) is 0.812. The Morgan fingerprint density at radius 1 is 1.56 bits per heavy atom. The van der Waals surface area contributed by atoms with E-state index < -0.39 is 11.7 Å². The van der Waals surface area contributed by atoms with Gasteiger partial charge < -0.3 is 14.9 Å². The van der Waals surface area contributed by atoms with Gasteiger partial charge in [0.25, 0.3) is 0 Å². The number of aromatic nitrogens is 2. The number of nitrogens with zero attached hydrogens (tertiary/aromatic N) is 2. The Bertz CT molecular complexity index is 350. The third-order valence-corrected chi connectivity index (χ3v) is 3.14. The van der Waals surface area contributed by atoms with Gasteiger partial charge >= 0.3 is 0 Å². The molecule has 5 nitrogen and oxygen atoms in total. The lowest BCUT2D eigenvalue weighted by atomic mass is 9.88. The highest BCUT2D eigenvalue weighted by molar-refractivity contribution is 6.30. The predicted octanol–water partition coefficient (Wildman–Crippen LogP) is 0.439. The van der Waals surface area contributed by atoms with Gasteiger partial charge in [-0.05, 0) is 0 Å². The first kappa shape index (κ1) is 11.9. The van der Waals surface area contributed by atoms with Crippen molar-refractivity contribution in [2.45, 2.75) is 31.1 Å². The molecule has 0 aromatic carbocycles. The van der Waals surface area contributed by atoms with Gasteiger partial charge in [-0.3, -0.25) is 4.68 Å². The van der Waals surface area contributed by atoms with Crippen LogP contribution in [0.25, 0.3) is 0 Å². The van der Waals surface area contributed by atoms with Crippen molar-refractivity contribution in [2.75, 3.05) is 13.2 Å². The molecule has 0 aliphatic carbocycles. The summed E-state index contributed by atoms with van der Waals surface area (Å²) in [4.78, 5) is 0. The average Bonchev–Trinajstić information content (AvgIpc) is 2.65. The number of aliphatic hydroxyl groups excluding tert-OH is 1. The van der Waals surface area contributed by atoms with Crippen molar-refractivity contribution in [2.24, 2.45) is 0 Å². The van der Waals surface area contributed by atoms with Gasteiger partial charge in [0.2, 0.25) is 0 Å². The zero-order chi connectivity index (χ0) is 11.6. The van der Waals surface area contributed by atoms with E-state index in [4.69, 9.17) is 16.3 Å². The maximum atomic E-state index is 10.2. The van der Waals surface area contributed by atoms with Gasteiger partial charge in [-0.15, -0.1) is 0 Å². The topological polar surface area (TPSA) is 67.5 Å². The molecule has 1 atom stereocenters. The Morgan fingerprint density at radius 2 is 2.25 bits per heavy atom. The molecule has 1 aromatic heterocycles. The molecule has 0 bridgehead atoms. The Hall–Kier alpha value is -0.620. The van der Waals surface area contributed by atoms with Crippen molar-refractivity contribution in [1.29, 1.82) is 0 Å². The SMILES string of the molecule is OC(Cn1cc(Cl)cn1)C1(O)CCOCC1. The molecular formula is C10H15ClN2O3. The van der Waals surface area contributed by atoms with E-state index in [9.17, 15) is 10.2 Å². The van der Waals surface area contributed by atoms with Crippen LogP contribution in [0.3, 0.4) is 0 Å². The van der Waals surface area contributed by atoms with Crippen molar-refractivity contribution in [3.8, 4) is 0 Å². The molecular weight excluding hydrogens is 232 g/mol. The first-order valence-electron chi connectivity index (χ1n) is 5.26. The summed E-state index contributed by atoms with van der Waals surface area (Å²) in [6, 6.07) is 0. The summed E-state index contributed by atoms with van der Waals surface area (Å²) in [7, 11) is 0. The van der Waals surface area contributed by atoms with Gasteiger partial charge in [-0.1, -0.05) is 11.6 Å². The van der Waals surface area contributed by atoms with Gasteiger partial charge in [-0.2, -0.15) is 5.10 Å². The molecule has 0 amide bonds. The summed E-state index contributed by atoms with van der Waals surface area (Å²) in [5.41, 5.74) is -1.07. The van der Waals surface area contributed by atoms with E-state index >= 15 is 0 Å². The van der Waals surface area contributed by atoms with E-state index in [1.165, 1.54) is 10.9 Å². The third kappa shape index (κ3) is 2.55. The van der Waals surface area contributed by atoms with Crippen LogP contribution < -0.4 is 0 Å². The molecule has 0 spiro atoms. The van der Waals surface area contributed by atoms with Crippen LogP contribution in [0.15, 0.2) is 12.4 Å². The van der Waals surface area contributed by atoms with Crippen molar-refractivity contribution in [3.63, 3.8) is 0 Å². The highest BCUT2D eigenvalue weighted by Gasteiger charge is 2.37. The van der Waals surface area contributed by atoms with Crippen molar-refractivity contribution in [3.05, 3.63) is 17.4 Å². The van der Waals surface area contributed by atoms with Crippen LogP contribution in [-0.4, -0.2) is 44.9 Å². The van der Waals surface area contributed by atoms with Crippen LogP contribution in [0.2, 0.25) is 5.02 Å². The van der Waals surface area contributed by atoms with Gasteiger partial charge in [0.05, 0.1) is 23.4 Å². The van der Waals surface area contributed by atoms with E-state index in [0.29, 0.717) is 31.1 Å². The number of hydrogen-bond acceptors (Lipinski definition) is 4. The molecule has 1 saturated heterocycles. The van der Waals surface area contributed by atoms with Crippen LogP contribution in [0.4, 0.5) is 0 Å². The van der Waals surface area contributed by atoms with Crippen molar-refractivity contribution in [1.82, 2.24) is 9.78 Å². The van der Waals surface area contributed by atoms with E-state index in [1.807, 2.05) is 0 Å². The summed E-state index contributed by atoms with van der Waals surface area (Å²) in [5.74, 6) is 0. The zero-order valence-electron chi connectivity index (χ0n) is 8.84. The Kier molecular flexibility index (Phi) is 3.49. The van der Waals surface area contributed by atoms with Gasteiger partial charge in [0.15, 0.2) is 0 Å². The highest BCUT2D eigenvalue weighted by Crippen LogP contribution is 2.25. The van der Waals surface area contributed by atoms with Crippen molar-refractivity contribution < 1.29 is 14.9 Å². The standard InChI is InChI=1S/C10H15ClN2O3/c11-8-5-12-13(6-8)7-9(14)10(15)1-3-16-4-2-10/h5-6,9,14-15H,1-4,7H2. The summed E-state index contributed by atoms with van der Waals surface area (Å²) < 4.78 is 6.68. The summed E-state index contributed by atoms with van der Waals surface area (Å²) >= 11 is 5.72. The fourth-order valence-electron chi connectivity index (χ4n) is 1.84. The lowest BCUT2D eigenvalue weighted by Gasteiger charge is -2.36. The molecule has 0 radical (unpaired) electrons. The molecule has 1 unspecified atom stereocenters. The zero-order valence-corrected chi connectivity index (χ0v) is 9.60. The van der Waals surface area contributed by atoms with Crippen LogP contribution in [-0.2, 0) is 11.3 Å². The number of rotatable bonds is 3. The molecule has 1 aromatic rings. The van der Waals surface area contributed by atoms with E-state index in [0.717, 1.165) is 0 Å². The molecule has 1 aliphatic heterocycles. The van der Waals surface area contributed by atoms with Gasteiger partial charge in [0.1, 0.15) is 6.10 Å². The molecule has 16 heavy (non-hydrogen) atoms. The average molecular weight is 247 g/mol. The van der Waals surface area contributed by atoms with Crippen LogP contribution >= 0.6 is 11.6 Å². The molecule has 6 heteroatoms. The number of aliphatic hydroxyl groups is 2. The van der Waals surface area contributed by atoms with Crippen molar-refractivity contribution >= 4 is 11.6 Å². The minimum atomic E-state index is -1.07. The summed E-state index contributed by atoms with van der Waals surface area (Å²) in [5, 5.41) is 24.7. The second kappa shape index (κ2) is 4.71. The first-order chi connectivity index (χ1) is 7.60. The van der Waals surface area contributed by atoms with Gasteiger partial charge in [0, 0.05) is 32.3 Å². The third-order valence-electron chi connectivity index (χ3n) is 2.94. The lowest BCUT2D eigenvalue weighted by Crippen LogP contribution is -2.48. The summed E-state index contributed by atoms with van der Waals surface area (Å²) in [6.07, 6.45) is 3.16. The molecule has 0 saturated carbocycles. The van der Waals surface area contributed by atoms with Gasteiger partial charge in [-0.25, -0.2) is 0 Å². The first-order valence-corrected chi connectivity index (χ1v) is 5.64. The fourth-order valence-corrected chi connectivity index (χ4v) is 2.00. The highest BCUT2D eigenvalue weighted by atomic mass is 35.5. The molecule has 1 fully saturated rings. The molecule has 1 aliphatic rings. The molecule has 2 heterocycles. The lowest BCUT2D eigenvalue weighted by molar-refractivity contribution is -0.136. The Morgan fingerprint density at radius 3 is 2.81 bits per heavy atom. The Labute approximate surface area is 98.6 Å². The second-order valence-electron chi connectivity index (χ2n) is 4.11. The van der Waals surface area contributed by atoms with E-state index in [1.54, 1.807) is 6.20 Å². The maximum absolute atomic E-state index is 10.2. The predicted molar refractivity (Wildman–Crippen MR) is 58.2 cm³/mol. The number of hydrogen-bond donors (Lipinski definition) is 2. The summed E-state index contributed by atoms with van der Waals surface area (Å²) in [6.45, 7) is 1.20. The van der Waals surface area contributed by atoms with E-state index in [2.05, 4.69) is 5.10 Å². The number of halogens is 1. The minimum Gasteiger partial charge on any atom is -0.388 e. The van der Waals surface area contributed by atoms with E-state index in [-0.39, 0.29) is 6.54 Å². The monoisotopic (exact) mass is 246 g/mol. The molecule has 2 N–H and O–H groups in total. The molecule has 2 rings (SSSR count). The largest absolute Gasteiger partial charge is 0.388 e. The normalized spacial score (nSPS) is 21.9. The van der Waals surface area contributed by atoms with Crippen LogP contribution in [0, 0.1) is 0 Å². The second-order valence-corrected chi connectivity index (χ2v) is 4.55. The maximum Gasteiger partial charge on any atom is 0.102 e. The number of ether oxygens (including phenoxy) is 1.